The fourth-order valence-corrected chi connectivity index (χ4v) is 4.09. The predicted octanol–water partition coefficient (Wildman–Crippen LogP) is 2.34. The number of hydrogen-bond donors (Lipinski definition) is 1. The lowest BCUT2D eigenvalue weighted by atomic mass is 9.97. The van der Waals surface area contributed by atoms with E-state index < -0.39 is 0 Å². The molecule has 2 unspecified atom stereocenters. The van der Waals surface area contributed by atoms with E-state index in [4.69, 9.17) is 0 Å². The molecule has 4 rings (SSSR count). The van der Waals surface area contributed by atoms with E-state index in [1.54, 1.807) is 12.4 Å². The third kappa shape index (κ3) is 4.38. The number of benzene rings is 1. The monoisotopic (exact) mass is 365 g/mol. The van der Waals surface area contributed by atoms with Gasteiger partial charge in [0.2, 0.25) is 11.9 Å². The zero-order valence-electron chi connectivity index (χ0n) is 15.6. The molecule has 2 aliphatic rings. The van der Waals surface area contributed by atoms with Crippen LogP contribution in [0, 0.1) is 11.8 Å². The highest BCUT2D eigenvalue weighted by atomic mass is 16.1. The zero-order valence-corrected chi connectivity index (χ0v) is 15.6. The van der Waals surface area contributed by atoms with Gasteiger partial charge in [0.25, 0.3) is 0 Å². The van der Waals surface area contributed by atoms with Crippen LogP contribution in [0.5, 0.6) is 0 Å². The Hall–Kier alpha value is -2.63. The van der Waals surface area contributed by atoms with Crippen molar-refractivity contribution in [3.63, 3.8) is 0 Å². The van der Waals surface area contributed by atoms with Crippen LogP contribution in [0.25, 0.3) is 0 Å². The topological polar surface area (TPSA) is 61.4 Å². The molecular weight excluding hydrogens is 338 g/mol. The van der Waals surface area contributed by atoms with Gasteiger partial charge in [-0.15, -0.1) is 0 Å². The van der Waals surface area contributed by atoms with Crippen molar-refractivity contribution in [2.24, 2.45) is 11.8 Å². The Bertz CT molecular complexity index is 739. The van der Waals surface area contributed by atoms with Gasteiger partial charge in [-0.1, -0.05) is 18.2 Å². The number of para-hydroxylation sites is 1. The van der Waals surface area contributed by atoms with E-state index in [2.05, 4.69) is 49.4 Å². The molecule has 1 aromatic heterocycles. The summed E-state index contributed by atoms with van der Waals surface area (Å²) in [7, 11) is 0. The first-order valence-corrected chi connectivity index (χ1v) is 9.89. The van der Waals surface area contributed by atoms with Crippen LogP contribution in [0.15, 0.2) is 48.8 Å². The number of piperidine rings is 1. The number of carbonyl (C=O) groups excluding carboxylic acids is 1. The third-order valence-electron chi connectivity index (χ3n) is 5.60. The number of rotatable bonds is 5. The summed E-state index contributed by atoms with van der Waals surface area (Å²) in [5, 5.41) is 3.21. The minimum absolute atomic E-state index is 0.0224. The van der Waals surface area contributed by atoms with E-state index >= 15 is 0 Å². The number of hydrogen-bond acceptors (Lipinski definition) is 5. The molecule has 2 atom stereocenters. The van der Waals surface area contributed by atoms with Crippen molar-refractivity contribution in [3.05, 3.63) is 48.8 Å². The lowest BCUT2D eigenvalue weighted by molar-refractivity contribution is -0.125. The molecule has 6 heteroatoms. The molecule has 1 aromatic carbocycles. The maximum atomic E-state index is 12.7. The molecule has 0 radical (unpaired) electrons. The van der Waals surface area contributed by atoms with Crippen LogP contribution < -0.4 is 15.1 Å². The summed E-state index contributed by atoms with van der Waals surface area (Å²) < 4.78 is 0. The first-order chi connectivity index (χ1) is 13.3. The summed E-state index contributed by atoms with van der Waals surface area (Å²) in [5.41, 5.74) is 1.28. The highest BCUT2D eigenvalue weighted by molar-refractivity contribution is 5.79. The molecular formula is C21H27N5O. The molecule has 0 aliphatic carbocycles. The van der Waals surface area contributed by atoms with Gasteiger partial charge in [0.15, 0.2) is 0 Å². The minimum atomic E-state index is 0.0224. The Kier molecular flexibility index (Phi) is 5.51. The van der Waals surface area contributed by atoms with Gasteiger partial charge in [0, 0.05) is 50.8 Å². The summed E-state index contributed by atoms with van der Waals surface area (Å²) in [5.74, 6) is 1.44. The van der Waals surface area contributed by atoms with Gasteiger partial charge in [-0.2, -0.15) is 0 Å². The molecule has 2 fully saturated rings. The smallest absolute Gasteiger partial charge is 0.225 e. The van der Waals surface area contributed by atoms with Crippen molar-refractivity contribution in [2.45, 2.75) is 19.3 Å². The molecule has 27 heavy (non-hydrogen) atoms. The fourth-order valence-electron chi connectivity index (χ4n) is 4.09. The highest BCUT2D eigenvalue weighted by Gasteiger charge is 2.28. The van der Waals surface area contributed by atoms with Gasteiger partial charge in [-0.05, 0) is 43.4 Å². The van der Waals surface area contributed by atoms with Crippen molar-refractivity contribution in [3.8, 4) is 0 Å². The van der Waals surface area contributed by atoms with Crippen molar-refractivity contribution >= 4 is 17.5 Å². The van der Waals surface area contributed by atoms with Crippen LogP contribution in [0.3, 0.4) is 0 Å². The highest BCUT2D eigenvalue weighted by Crippen LogP contribution is 2.24. The molecule has 6 nitrogen and oxygen atoms in total. The number of nitrogens with one attached hydrogen (secondary N) is 1. The second-order valence-corrected chi connectivity index (χ2v) is 7.52. The van der Waals surface area contributed by atoms with Gasteiger partial charge in [0.05, 0.1) is 5.92 Å². The molecule has 2 aromatic rings. The number of anilines is 2. The summed E-state index contributed by atoms with van der Waals surface area (Å²) in [4.78, 5) is 25.9. The lowest BCUT2D eigenvalue weighted by Crippen LogP contribution is -2.44. The van der Waals surface area contributed by atoms with Gasteiger partial charge in [-0.25, -0.2) is 9.97 Å². The molecule has 0 spiro atoms. The van der Waals surface area contributed by atoms with Crippen LogP contribution >= 0.6 is 0 Å². The molecule has 0 saturated carbocycles. The maximum Gasteiger partial charge on any atom is 0.225 e. The molecule has 0 bridgehead atoms. The van der Waals surface area contributed by atoms with Gasteiger partial charge in [0.1, 0.15) is 0 Å². The summed E-state index contributed by atoms with van der Waals surface area (Å²) in [6.07, 6.45) is 6.58. The van der Waals surface area contributed by atoms with E-state index in [0.717, 1.165) is 51.4 Å². The Morgan fingerprint density at radius 3 is 2.63 bits per heavy atom. The maximum absolute atomic E-state index is 12.7. The molecule has 142 valence electrons. The fraction of sp³-hybridized carbons (Fsp3) is 0.476. The Morgan fingerprint density at radius 2 is 1.81 bits per heavy atom. The Morgan fingerprint density at radius 1 is 1.00 bits per heavy atom. The molecule has 3 heterocycles. The lowest BCUT2D eigenvalue weighted by Gasteiger charge is -2.32. The first-order valence-electron chi connectivity index (χ1n) is 9.89. The minimum Gasteiger partial charge on any atom is -0.371 e. The number of nitrogens with zero attached hydrogens (tertiary/aromatic N) is 4. The second kappa shape index (κ2) is 8.37. The van der Waals surface area contributed by atoms with Gasteiger partial charge < -0.3 is 15.1 Å². The van der Waals surface area contributed by atoms with Gasteiger partial charge in [-0.3, -0.25) is 4.79 Å². The van der Waals surface area contributed by atoms with Crippen LogP contribution in [-0.4, -0.2) is 48.6 Å². The Labute approximate surface area is 160 Å². The summed E-state index contributed by atoms with van der Waals surface area (Å²) in [6, 6.07) is 12.3. The summed E-state index contributed by atoms with van der Waals surface area (Å²) >= 11 is 0. The number of aromatic nitrogens is 2. The van der Waals surface area contributed by atoms with Crippen molar-refractivity contribution in [1.29, 1.82) is 0 Å². The molecule has 1 N–H and O–H groups in total. The van der Waals surface area contributed by atoms with E-state index in [1.165, 1.54) is 5.69 Å². The second-order valence-electron chi connectivity index (χ2n) is 7.52. The molecule has 2 aliphatic heterocycles. The van der Waals surface area contributed by atoms with Crippen LogP contribution in [-0.2, 0) is 4.79 Å². The van der Waals surface area contributed by atoms with Gasteiger partial charge >= 0.3 is 0 Å². The first kappa shape index (κ1) is 17.8. The van der Waals surface area contributed by atoms with Crippen LogP contribution in [0.2, 0.25) is 0 Å². The molecule has 2 saturated heterocycles. The van der Waals surface area contributed by atoms with Crippen molar-refractivity contribution in [1.82, 2.24) is 15.3 Å². The average molecular weight is 365 g/mol. The van der Waals surface area contributed by atoms with Crippen molar-refractivity contribution in [2.75, 3.05) is 42.5 Å². The standard InChI is InChI=1S/C21H27N5O/c27-20(18-6-4-12-26(16-18)21-22-10-5-11-23-21)24-14-17-9-13-25(15-17)19-7-2-1-3-8-19/h1-3,5,7-8,10-11,17-18H,4,6,9,12-16H2,(H,24,27). The third-order valence-corrected chi connectivity index (χ3v) is 5.60. The van der Waals surface area contributed by atoms with E-state index in [-0.39, 0.29) is 11.8 Å². The Balaban J connectivity index is 1.26. The predicted molar refractivity (Wildman–Crippen MR) is 107 cm³/mol. The van der Waals surface area contributed by atoms with E-state index in [1.807, 2.05) is 12.1 Å². The normalized spacial score (nSPS) is 22.7. The zero-order chi connectivity index (χ0) is 18.5. The van der Waals surface area contributed by atoms with E-state index in [0.29, 0.717) is 12.5 Å². The largest absolute Gasteiger partial charge is 0.371 e. The van der Waals surface area contributed by atoms with E-state index in [9.17, 15) is 4.79 Å². The quantitative estimate of drug-likeness (QED) is 0.881. The number of carbonyl (C=O) groups is 1. The number of amides is 1. The van der Waals surface area contributed by atoms with Crippen molar-refractivity contribution < 1.29 is 4.79 Å². The average Bonchev–Trinajstić information content (AvgIpc) is 3.22. The SMILES string of the molecule is O=C(NCC1CCN(c2ccccc2)C1)C1CCCN(c2ncccn2)C1. The van der Waals surface area contributed by atoms with Crippen LogP contribution in [0.4, 0.5) is 11.6 Å². The summed E-state index contributed by atoms with van der Waals surface area (Å²) in [6.45, 7) is 4.46. The molecule has 1 amide bonds. The van der Waals surface area contributed by atoms with Crippen LogP contribution in [0.1, 0.15) is 19.3 Å².